The van der Waals surface area contributed by atoms with Crippen LogP contribution >= 0.6 is 11.3 Å². The molecule has 2 rings (SSSR count). The predicted molar refractivity (Wildman–Crippen MR) is 55.0 cm³/mol. The summed E-state index contributed by atoms with van der Waals surface area (Å²) >= 11 is 1.43. The standard InChI is InChI=1S/C10H9NO2S/c1-7-6-8(2-3-9(7)12)13-10-11-4-5-14-10/h2-6,12H,1H3. The Morgan fingerprint density at radius 3 is 2.93 bits per heavy atom. The Hall–Kier alpha value is -1.55. The molecule has 1 N–H and O–H groups in total. The molecule has 0 spiro atoms. The normalized spacial score (nSPS) is 10.1. The van der Waals surface area contributed by atoms with E-state index in [1.807, 2.05) is 12.3 Å². The van der Waals surface area contributed by atoms with Crippen molar-refractivity contribution < 1.29 is 9.84 Å². The molecule has 0 aliphatic carbocycles. The van der Waals surface area contributed by atoms with Crippen molar-refractivity contribution in [3.63, 3.8) is 0 Å². The lowest BCUT2D eigenvalue weighted by molar-refractivity contribution is 0.459. The molecule has 0 bridgehead atoms. The van der Waals surface area contributed by atoms with Crippen LogP contribution in [0.4, 0.5) is 0 Å². The molecule has 2 aromatic rings. The summed E-state index contributed by atoms with van der Waals surface area (Å²) in [4.78, 5) is 4.00. The van der Waals surface area contributed by atoms with Crippen LogP contribution in [0.25, 0.3) is 0 Å². The lowest BCUT2D eigenvalue weighted by Crippen LogP contribution is -1.83. The Labute approximate surface area is 85.6 Å². The minimum atomic E-state index is 0.275. The molecule has 0 amide bonds. The number of phenols is 1. The summed E-state index contributed by atoms with van der Waals surface area (Å²) in [6, 6.07) is 5.10. The molecule has 14 heavy (non-hydrogen) atoms. The van der Waals surface area contributed by atoms with E-state index in [2.05, 4.69) is 4.98 Å². The van der Waals surface area contributed by atoms with Crippen LogP contribution in [-0.4, -0.2) is 10.1 Å². The van der Waals surface area contributed by atoms with Crippen LogP contribution in [0, 0.1) is 6.92 Å². The molecule has 0 aliphatic heterocycles. The molecule has 0 atom stereocenters. The van der Waals surface area contributed by atoms with Crippen molar-refractivity contribution in [3.05, 3.63) is 35.3 Å². The first-order chi connectivity index (χ1) is 6.75. The summed E-state index contributed by atoms with van der Waals surface area (Å²) in [5, 5.41) is 11.8. The van der Waals surface area contributed by atoms with Crippen molar-refractivity contribution >= 4 is 11.3 Å². The molecular weight excluding hydrogens is 198 g/mol. The van der Waals surface area contributed by atoms with Crippen molar-refractivity contribution in [2.45, 2.75) is 6.92 Å². The largest absolute Gasteiger partial charge is 0.508 e. The van der Waals surface area contributed by atoms with E-state index >= 15 is 0 Å². The smallest absolute Gasteiger partial charge is 0.278 e. The second-order valence-corrected chi connectivity index (χ2v) is 3.71. The molecule has 1 aromatic carbocycles. The minimum Gasteiger partial charge on any atom is -0.508 e. The van der Waals surface area contributed by atoms with E-state index in [9.17, 15) is 5.11 Å². The maximum Gasteiger partial charge on any atom is 0.278 e. The van der Waals surface area contributed by atoms with Gasteiger partial charge in [0.05, 0.1) is 0 Å². The number of hydrogen-bond acceptors (Lipinski definition) is 4. The number of benzene rings is 1. The van der Waals surface area contributed by atoms with E-state index in [0.717, 1.165) is 5.56 Å². The molecular formula is C10H9NO2S. The van der Waals surface area contributed by atoms with Crippen molar-refractivity contribution in [2.24, 2.45) is 0 Å². The molecule has 4 heteroatoms. The zero-order chi connectivity index (χ0) is 9.97. The van der Waals surface area contributed by atoms with Crippen LogP contribution in [0.1, 0.15) is 5.56 Å². The van der Waals surface area contributed by atoms with Gasteiger partial charge in [0.1, 0.15) is 11.5 Å². The van der Waals surface area contributed by atoms with Crippen LogP contribution in [0.3, 0.4) is 0 Å². The average Bonchev–Trinajstić information content (AvgIpc) is 2.64. The molecule has 0 saturated heterocycles. The molecule has 0 unspecified atom stereocenters. The average molecular weight is 207 g/mol. The second-order valence-electron chi connectivity index (χ2n) is 2.85. The third-order valence-corrected chi connectivity index (χ3v) is 2.43. The van der Waals surface area contributed by atoms with Gasteiger partial charge in [0.2, 0.25) is 0 Å². The predicted octanol–water partition coefficient (Wildman–Crippen LogP) is 2.95. The Morgan fingerprint density at radius 1 is 1.43 bits per heavy atom. The van der Waals surface area contributed by atoms with Gasteiger partial charge in [-0.15, -0.1) is 0 Å². The van der Waals surface area contributed by atoms with Gasteiger partial charge in [-0.3, -0.25) is 0 Å². The Morgan fingerprint density at radius 2 is 2.29 bits per heavy atom. The topological polar surface area (TPSA) is 42.4 Å². The van der Waals surface area contributed by atoms with Gasteiger partial charge in [-0.25, -0.2) is 4.98 Å². The number of phenolic OH excluding ortho intramolecular Hbond substituents is 1. The molecule has 1 aromatic heterocycles. The molecule has 0 saturated carbocycles. The van der Waals surface area contributed by atoms with Crippen LogP contribution in [0.2, 0.25) is 0 Å². The fraction of sp³-hybridized carbons (Fsp3) is 0.100. The summed E-state index contributed by atoms with van der Waals surface area (Å²) < 4.78 is 5.45. The van der Waals surface area contributed by atoms with Crippen molar-refractivity contribution in [1.29, 1.82) is 0 Å². The van der Waals surface area contributed by atoms with Crippen LogP contribution in [-0.2, 0) is 0 Å². The monoisotopic (exact) mass is 207 g/mol. The van der Waals surface area contributed by atoms with Gasteiger partial charge < -0.3 is 9.84 Å². The fourth-order valence-corrected chi connectivity index (χ4v) is 1.56. The highest BCUT2D eigenvalue weighted by atomic mass is 32.1. The first kappa shape index (κ1) is 9.02. The Kier molecular flexibility index (Phi) is 2.37. The van der Waals surface area contributed by atoms with Crippen LogP contribution in [0.15, 0.2) is 29.8 Å². The first-order valence-corrected chi connectivity index (χ1v) is 5.00. The molecule has 72 valence electrons. The van der Waals surface area contributed by atoms with Gasteiger partial charge in [0, 0.05) is 11.6 Å². The summed E-state index contributed by atoms with van der Waals surface area (Å²) in [7, 11) is 0. The Bertz CT molecular complexity index is 426. The highest BCUT2D eigenvalue weighted by Gasteiger charge is 2.01. The summed E-state index contributed by atoms with van der Waals surface area (Å²) in [5.41, 5.74) is 0.791. The maximum absolute atomic E-state index is 9.30. The quantitative estimate of drug-likeness (QED) is 0.823. The SMILES string of the molecule is Cc1cc(Oc2nccs2)ccc1O. The third kappa shape index (κ3) is 1.85. The molecule has 0 aliphatic rings. The number of ether oxygens (including phenoxy) is 1. The van der Waals surface area contributed by atoms with Crippen molar-refractivity contribution in [2.75, 3.05) is 0 Å². The number of aryl methyl sites for hydroxylation is 1. The number of rotatable bonds is 2. The fourth-order valence-electron chi connectivity index (χ4n) is 1.05. The van der Waals surface area contributed by atoms with Gasteiger partial charge in [-0.05, 0) is 30.7 Å². The van der Waals surface area contributed by atoms with Gasteiger partial charge in [0.25, 0.3) is 5.19 Å². The molecule has 0 radical (unpaired) electrons. The maximum atomic E-state index is 9.30. The summed E-state index contributed by atoms with van der Waals surface area (Å²) in [6.07, 6.45) is 1.69. The zero-order valence-electron chi connectivity index (χ0n) is 7.60. The lowest BCUT2D eigenvalue weighted by Gasteiger charge is -2.03. The van der Waals surface area contributed by atoms with E-state index in [4.69, 9.17) is 4.74 Å². The van der Waals surface area contributed by atoms with E-state index < -0.39 is 0 Å². The number of aromatic hydroxyl groups is 1. The first-order valence-electron chi connectivity index (χ1n) is 4.12. The summed E-state index contributed by atoms with van der Waals surface area (Å²) in [6.45, 7) is 1.82. The third-order valence-electron chi connectivity index (χ3n) is 1.78. The van der Waals surface area contributed by atoms with Gasteiger partial charge in [-0.1, -0.05) is 11.3 Å². The van der Waals surface area contributed by atoms with E-state index in [1.165, 1.54) is 11.3 Å². The Balaban J connectivity index is 2.22. The number of thiazole rings is 1. The molecule has 0 fully saturated rings. The van der Waals surface area contributed by atoms with Crippen LogP contribution in [0.5, 0.6) is 16.7 Å². The van der Waals surface area contributed by atoms with E-state index in [1.54, 1.807) is 24.4 Å². The van der Waals surface area contributed by atoms with Crippen molar-refractivity contribution in [3.8, 4) is 16.7 Å². The van der Waals surface area contributed by atoms with Crippen LogP contribution < -0.4 is 4.74 Å². The highest BCUT2D eigenvalue weighted by Crippen LogP contribution is 2.27. The van der Waals surface area contributed by atoms with Gasteiger partial charge in [0.15, 0.2) is 0 Å². The number of hydrogen-bond donors (Lipinski definition) is 1. The van der Waals surface area contributed by atoms with E-state index in [0.29, 0.717) is 10.9 Å². The zero-order valence-corrected chi connectivity index (χ0v) is 8.41. The number of aromatic nitrogens is 1. The highest BCUT2D eigenvalue weighted by molar-refractivity contribution is 7.11. The van der Waals surface area contributed by atoms with Crippen molar-refractivity contribution in [1.82, 2.24) is 4.98 Å². The minimum absolute atomic E-state index is 0.275. The summed E-state index contributed by atoms with van der Waals surface area (Å²) in [5.74, 6) is 0.965. The number of nitrogens with zero attached hydrogens (tertiary/aromatic N) is 1. The molecule has 1 heterocycles. The lowest BCUT2D eigenvalue weighted by atomic mass is 10.2. The molecule has 3 nitrogen and oxygen atoms in total. The van der Waals surface area contributed by atoms with Gasteiger partial charge >= 0.3 is 0 Å². The van der Waals surface area contributed by atoms with Gasteiger partial charge in [-0.2, -0.15) is 0 Å². The van der Waals surface area contributed by atoms with E-state index in [-0.39, 0.29) is 5.75 Å². The second kappa shape index (κ2) is 3.67.